The molecule has 0 aliphatic rings. The summed E-state index contributed by atoms with van der Waals surface area (Å²) >= 11 is 6.91. The molecule has 0 heterocycles. The molecular weight excluding hydrogens is 336 g/mol. The second-order valence-electron chi connectivity index (χ2n) is 3.35. The third-order valence-electron chi connectivity index (χ3n) is 1.88. The molecule has 0 amide bonds. The van der Waals surface area contributed by atoms with Gasteiger partial charge in [0.15, 0.2) is 0 Å². The first-order valence-electron chi connectivity index (χ1n) is 5.02. The van der Waals surface area contributed by atoms with Crippen molar-refractivity contribution in [1.29, 1.82) is 0 Å². The van der Waals surface area contributed by atoms with Gasteiger partial charge in [0.1, 0.15) is 5.75 Å². The fourth-order valence-corrected chi connectivity index (χ4v) is 2.66. The molecule has 88 valence electrons. The fourth-order valence-electron chi connectivity index (χ4n) is 1.21. The summed E-state index contributed by atoms with van der Waals surface area (Å²) in [7, 11) is 0. The van der Waals surface area contributed by atoms with Gasteiger partial charge in [-0.15, -0.1) is 0 Å². The lowest BCUT2D eigenvalue weighted by Crippen LogP contribution is -1.94. The molecule has 1 aromatic rings. The van der Waals surface area contributed by atoms with Crippen LogP contribution >= 0.6 is 31.9 Å². The van der Waals surface area contributed by atoms with Crippen molar-refractivity contribution in [3.63, 3.8) is 0 Å². The van der Waals surface area contributed by atoms with Gasteiger partial charge >= 0.3 is 0 Å². The van der Waals surface area contributed by atoms with Crippen LogP contribution in [0.15, 0.2) is 27.2 Å². The molecule has 0 fully saturated rings. The Balaban J connectivity index is 3.00. The van der Waals surface area contributed by atoms with Gasteiger partial charge in [0.05, 0.1) is 21.7 Å². The fraction of sp³-hybridized carbons (Fsp3) is 0.333. The molecule has 1 aromatic carbocycles. The number of benzene rings is 1. The summed E-state index contributed by atoms with van der Waals surface area (Å²) in [5.41, 5.74) is 1.00. The average Bonchev–Trinajstić information content (AvgIpc) is 2.20. The Morgan fingerprint density at radius 2 is 1.94 bits per heavy atom. The Kier molecular flexibility index (Phi) is 5.52. The van der Waals surface area contributed by atoms with Gasteiger partial charge in [-0.25, -0.2) is 0 Å². The molecule has 1 N–H and O–H groups in total. The van der Waals surface area contributed by atoms with Gasteiger partial charge in [0.2, 0.25) is 0 Å². The molecule has 0 aromatic heterocycles. The quantitative estimate of drug-likeness (QED) is 0.890. The van der Waals surface area contributed by atoms with Crippen molar-refractivity contribution in [3.05, 3.63) is 32.7 Å². The topological polar surface area (TPSA) is 29.5 Å². The zero-order chi connectivity index (χ0) is 12.1. The average molecular weight is 350 g/mol. The van der Waals surface area contributed by atoms with Crippen molar-refractivity contribution in [2.45, 2.75) is 20.0 Å². The van der Waals surface area contributed by atoms with Crippen LogP contribution in [0.25, 0.3) is 6.08 Å². The van der Waals surface area contributed by atoms with Crippen LogP contribution in [0.1, 0.15) is 19.4 Å². The van der Waals surface area contributed by atoms with Crippen LogP contribution in [-0.2, 0) is 0 Å². The maximum Gasteiger partial charge on any atom is 0.147 e. The largest absolute Gasteiger partial charge is 0.492 e. The van der Waals surface area contributed by atoms with Crippen LogP contribution in [0.2, 0.25) is 0 Å². The summed E-state index contributed by atoms with van der Waals surface area (Å²) in [5, 5.41) is 9.16. The molecule has 1 unspecified atom stereocenters. The number of hydrogen-bond acceptors (Lipinski definition) is 2. The highest BCUT2D eigenvalue weighted by Gasteiger charge is 2.07. The smallest absolute Gasteiger partial charge is 0.147 e. The van der Waals surface area contributed by atoms with Gasteiger partial charge in [-0.2, -0.15) is 0 Å². The monoisotopic (exact) mass is 348 g/mol. The first-order valence-corrected chi connectivity index (χ1v) is 6.61. The Hall–Kier alpha value is -0.320. The standard InChI is InChI=1S/C12H14Br2O2/c1-3-16-12-10(13)6-9(7-11(12)14)5-4-8(2)15/h4-8,15H,3H2,1-2H3/b5-4+. The molecule has 4 heteroatoms. The molecule has 1 rings (SSSR count). The number of halogens is 2. The number of ether oxygens (including phenoxy) is 1. The summed E-state index contributed by atoms with van der Waals surface area (Å²) in [6.07, 6.45) is 3.16. The highest BCUT2D eigenvalue weighted by atomic mass is 79.9. The molecular formula is C12H14Br2O2. The molecule has 0 spiro atoms. The summed E-state index contributed by atoms with van der Waals surface area (Å²) in [4.78, 5) is 0. The highest BCUT2D eigenvalue weighted by Crippen LogP contribution is 2.35. The van der Waals surface area contributed by atoms with E-state index in [1.807, 2.05) is 25.1 Å². The van der Waals surface area contributed by atoms with E-state index in [2.05, 4.69) is 31.9 Å². The number of hydrogen-bond donors (Lipinski definition) is 1. The number of rotatable bonds is 4. The first-order chi connectivity index (χ1) is 7.54. The van der Waals surface area contributed by atoms with Gasteiger partial charge < -0.3 is 9.84 Å². The zero-order valence-corrected chi connectivity index (χ0v) is 12.4. The molecule has 0 saturated heterocycles. The maximum absolute atomic E-state index is 9.16. The molecule has 0 radical (unpaired) electrons. The highest BCUT2D eigenvalue weighted by molar-refractivity contribution is 9.11. The van der Waals surface area contributed by atoms with Crippen LogP contribution in [0.4, 0.5) is 0 Å². The Bertz CT molecular complexity index is 364. The summed E-state index contributed by atoms with van der Waals surface area (Å²) < 4.78 is 7.28. The predicted molar refractivity (Wildman–Crippen MR) is 73.7 cm³/mol. The molecule has 0 saturated carbocycles. The summed E-state index contributed by atoms with van der Waals surface area (Å²) in [5.74, 6) is 0.802. The SMILES string of the molecule is CCOc1c(Br)cc(/C=C/C(C)O)cc1Br. The van der Waals surface area contributed by atoms with Gasteiger partial charge in [0, 0.05) is 0 Å². The van der Waals surface area contributed by atoms with E-state index in [0.717, 1.165) is 20.3 Å². The third kappa shape index (κ3) is 3.92. The first kappa shape index (κ1) is 13.7. The lowest BCUT2D eigenvalue weighted by atomic mass is 10.2. The zero-order valence-electron chi connectivity index (χ0n) is 9.21. The molecule has 0 aliphatic carbocycles. The Morgan fingerprint density at radius 3 is 2.38 bits per heavy atom. The number of aliphatic hydroxyl groups is 1. The lowest BCUT2D eigenvalue weighted by molar-refractivity contribution is 0.245. The maximum atomic E-state index is 9.16. The van der Waals surface area contributed by atoms with Crippen LogP contribution in [-0.4, -0.2) is 17.8 Å². The second-order valence-corrected chi connectivity index (χ2v) is 5.06. The van der Waals surface area contributed by atoms with Gasteiger partial charge in [0.25, 0.3) is 0 Å². The van der Waals surface area contributed by atoms with E-state index in [9.17, 15) is 0 Å². The third-order valence-corrected chi connectivity index (χ3v) is 3.05. The van der Waals surface area contributed by atoms with Crippen LogP contribution < -0.4 is 4.74 Å². The van der Waals surface area contributed by atoms with E-state index in [1.165, 1.54) is 0 Å². The van der Waals surface area contributed by atoms with E-state index in [4.69, 9.17) is 9.84 Å². The minimum atomic E-state index is -0.441. The van der Waals surface area contributed by atoms with Crippen molar-refractivity contribution >= 4 is 37.9 Å². The van der Waals surface area contributed by atoms with Crippen LogP contribution in [0.3, 0.4) is 0 Å². The van der Waals surface area contributed by atoms with Crippen molar-refractivity contribution in [2.75, 3.05) is 6.61 Å². The molecule has 0 bridgehead atoms. The molecule has 1 atom stereocenters. The van der Waals surface area contributed by atoms with Gasteiger partial charge in [-0.3, -0.25) is 0 Å². The van der Waals surface area contributed by atoms with Gasteiger partial charge in [-0.1, -0.05) is 12.2 Å². The van der Waals surface area contributed by atoms with Gasteiger partial charge in [-0.05, 0) is 63.4 Å². The second kappa shape index (κ2) is 6.42. The lowest BCUT2D eigenvalue weighted by Gasteiger charge is -2.09. The van der Waals surface area contributed by atoms with E-state index >= 15 is 0 Å². The minimum Gasteiger partial charge on any atom is -0.492 e. The van der Waals surface area contributed by atoms with E-state index < -0.39 is 6.10 Å². The minimum absolute atomic E-state index is 0.441. The van der Waals surface area contributed by atoms with Crippen molar-refractivity contribution < 1.29 is 9.84 Å². The molecule has 2 nitrogen and oxygen atoms in total. The van der Waals surface area contributed by atoms with E-state index in [0.29, 0.717) is 6.61 Å². The van der Waals surface area contributed by atoms with E-state index in [-0.39, 0.29) is 0 Å². The summed E-state index contributed by atoms with van der Waals surface area (Å²) in [6, 6.07) is 3.91. The van der Waals surface area contributed by atoms with Crippen molar-refractivity contribution in [3.8, 4) is 5.75 Å². The Morgan fingerprint density at radius 1 is 1.38 bits per heavy atom. The van der Waals surface area contributed by atoms with Crippen LogP contribution in [0.5, 0.6) is 5.75 Å². The van der Waals surface area contributed by atoms with E-state index in [1.54, 1.807) is 13.0 Å². The molecule has 16 heavy (non-hydrogen) atoms. The molecule has 0 aliphatic heterocycles. The van der Waals surface area contributed by atoms with Crippen LogP contribution in [0, 0.1) is 0 Å². The van der Waals surface area contributed by atoms with Crippen molar-refractivity contribution in [1.82, 2.24) is 0 Å². The normalized spacial score (nSPS) is 13.1. The number of aliphatic hydroxyl groups excluding tert-OH is 1. The summed E-state index contributed by atoms with van der Waals surface area (Å²) in [6.45, 7) is 4.29. The predicted octanol–water partition coefficient (Wildman–Crippen LogP) is 4.00. The van der Waals surface area contributed by atoms with Crippen molar-refractivity contribution in [2.24, 2.45) is 0 Å². The Labute approximate surface area is 113 Å².